The highest BCUT2D eigenvalue weighted by molar-refractivity contribution is 6.03. The molecule has 0 spiro atoms. The number of nitrogens with two attached hydrogens (primary N) is 1. The fourth-order valence-corrected chi connectivity index (χ4v) is 4.71. The van der Waals surface area contributed by atoms with Gasteiger partial charge in [0, 0.05) is 79.6 Å². The van der Waals surface area contributed by atoms with E-state index in [9.17, 15) is 4.79 Å². The Balaban J connectivity index is 1.54. The minimum atomic E-state index is -0.394. The average molecular weight is 474 g/mol. The van der Waals surface area contributed by atoms with E-state index in [-0.39, 0.29) is 11.9 Å². The summed E-state index contributed by atoms with van der Waals surface area (Å²) in [6.07, 6.45) is 9.37. The van der Waals surface area contributed by atoms with E-state index in [1.807, 2.05) is 12.1 Å². The van der Waals surface area contributed by atoms with Gasteiger partial charge in [-0.25, -0.2) is 9.37 Å². The summed E-state index contributed by atoms with van der Waals surface area (Å²) in [5.41, 5.74) is 10.0. The number of H-pyrrole nitrogens is 1. The molecule has 0 unspecified atom stereocenters. The Labute approximate surface area is 202 Å². The number of carbonyl (C=O) groups is 1. The van der Waals surface area contributed by atoms with E-state index in [4.69, 9.17) is 5.73 Å². The standard InChI is InChI=1S/C26H28FN7O/c1-29-6-3-7-31-26(35)17-11-19-21(14-33-25(19)32-13-17)16-10-20-23(34-9-2-4-18(28)15-34)5-8-30-24(20)22(27)12-16/h5-6,8,10-14,18H,2-4,7,9,15,28H2,1H3,(H,31,35)(H,32,33)/b29-6-/t18-/m1/s1. The SMILES string of the molecule is C/N=C\CCNC(=O)c1cnc2[nH]cc(-c3cc(F)c4nccc(N5CCC[C@@H](N)C5)c4c3)c2c1. The number of rotatable bonds is 6. The first-order chi connectivity index (χ1) is 17.0. The zero-order valence-electron chi connectivity index (χ0n) is 19.6. The number of benzene rings is 1. The van der Waals surface area contributed by atoms with Gasteiger partial charge in [-0.1, -0.05) is 0 Å². The van der Waals surface area contributed by atoms with Crippen molar-refractivity contribution >= 4 is 39.7 Å². The van der Waals surface area contributed by atoms with Gasteiger partial charge in [0.15, 0.2) is 0 Å². The first-order valence-corrected chi connectivity index (χ1v) is 11.8. The van der Waals surface area contributed by atoms with E-state index in [1.54, 1.807) is 31.7 Å². The van der Waals surface area contributed by atoms with Crippen molar-refractivity contribution in [3.8, 4) is 11.1 Å². The fraction of sp³-hybridized carbons (Fsp3) is 0.308. The molecule has 3 aromatic heterocycles. The van der Waals surface area contributed by atoms with Crippen LogP contribution < -0.4 is 16.0 Å². The van der Waals surface area contributed by atoms with Crippen LogP contribution in [0.4, 0.5) is 10.1 Å². The number of piperidine rings is 1. The molecule has 35 heavy (non-hydrogen) atoms. The van der Waals surface area contributed by atoms with Gasteiger partial charge in [-0.15, -0.1) is 0 Å². The summed E-state index contributed by atoms with van der Waals surface area (Å²) in [5, 5.41) is 4.35. The summed E-state index contributed by atoms with van der Waals surface area (Å²) in [6.45, 7) is 2.09. The van der Waals surface area contributed by atoms with E-state index in [2.05, 4.69) is 30.2 Å². The minimum absolute atomic E-state index is 0.0958. The normalized spacial score (nSPS) is 16.4. The number of halogens is 1. The molecular formula is C26H28FN7O. The predicted octanol–water partition coefficient (Wildman–Crippen LogP) is 3.67. The summed E-state index contributed by atoms with van der Waals surface area (Å²) in [4.78, 5) is 30.6. The molecule has 8 nitrogen and oxygen atoms in total. The Kier molecular flexibility index (Phi) is 6.41. The van der Waals surface area contributed by atoms with Crippen LogP contribution in [0, 0.1) is 5.82 Å². The summed E-state index contributed by atoms with van der Waals surface area (Å²) in [6, 6.07) is 7.25. The van der Waals surface area contributed by atoms with Crippen molar-refractivity contribution in [1.29, 1.82) is 0 Å². The Morgan fingerprint density at radius 3 is 3.06 bits per heavy atom. The lowest BCUT2D eigenvalue weighted by Gasteiger charge is -2.33. The number of hydrogen-bond acceptors (Lipinski definition) is 6. The summed E-state index contributed by atoms with van der Waals surface area (Å²) in [7, 11) is 1.70. The van der Waals surface area contributed by atoms with Crippen molar-refractivity contribution in [2.24, 2.45) is 10.7 Å². The van der Waals surface area contributed by atoms with Crippen molar-refractivity contribution in [2.45, 2.75) is 25.3 Å². The van der Waals surface area contributed by atoms with Gasteiger partial charge in [0.2, 0.25) is 0 Å². The van der Waals surface area contributed by atoms with Crippen LogP contribution in [0.15, 0.2) is 47.8 Å². The highest BCUT2D eigenvalue weighted by Crippen LogP contribution is 2.35. The molecule has 1 amide bonds. The van der Waals surface area contributed by atoms with Gasteiger partial charge < -0.3 is 25.9 Å². The maximum atomic E-state index is 15.3. The molecule has 1 saturated heterocycles. The van der Waals surface area contributed by atoms with Crippen LogP contribution in [0.5, 0.6) is 0 Å². The van der Waals surface area contributed by atoms with Crippen LogP contribution in [-0.2, 0) is 0 Å². The van der Waals surface area contributed by atoms with Gasteiger partial charge in [0.25, 0.3) is 5.91 Å². The highest BCUT2D eigenvalue weighted by Gasteiger charge is 2.21. The first-order valence-electron chi connectivity index (χ1n) is 11.8. The fourth-order valence-electron chi connectivity index (χ4n) is 4.71. The van der Waals surface area contributed by atoms with Crippen molar-refractivity contribution in [3.63, 3.8) is 0 Å². The molecule has 0 bridgehead atoms. The molecule has 0 radical (unpaired) electrons. The second kappa shape index (κ2) is 9.79. The van der Waals surface area contributed by atoms with E-state index in [0.717, 1.165) is 48.0 Å². The summed E-state index contributed by atoms with van der Waals surface area (Å²) < 4.78 is 15.3. The zero-order valence-corrected chi connectivity index (χ0v) is 19.6. The van der Waals surface area contributed by atoms with Gasteiger partial charge in [-0.2, -0.15) is 0 Å². The molecule has 1 aliphatic heterocycles. The number of pyridine rings is 2. The molecule has 1 fully saturated rings. The topological polar surface area (TPSA) is 112 Å². The second-order valence-corrected chi connectivity index (χ2v) is 8.84. The van der Waals surface area contributed by atoms with Crippen molar-refractivity contribution in [2.75, 3.05) is 31.6 Å². The smallest absolute Gasteiger partial charge is 0.252 e. The minimum Gasteiger partial charge on any atom is -0.369 e. The van der Waals surface area contributed by atoms with Crippen molar-refractivity contribution < 1.29 is 9.18 Å². The molecule has 0 aliphatic carbocycles. The Morgan fingerprint density at radius 1 is 1.34 bits per heavy atom. The van der Waals surface area contributed by atoms with E-state index >= 15 is 4.39 Å². The van der Waals surface area contributed by atoms with E-state index in [1.165, 1.54) is 12.3 Å². The zero-order chi connectivity index (χ0) is 24.4. The predicted molar refractivity (Wildman–Crippen MR) is 138 cm³/mol. The molecule has 1 aromatic carbocycles. The number of hydrogen-bond donors (Lipinski definition) is 3. The molecule has 5 rings (SSSR count). The van der Waals surface area contributed by atoms with E-state index in [0.29, 0.717) is 35.3 Å². The van der Waals surface area contributed by atoms with Crippen LogP contribution in [-0.4, -0.2) is 59.8 Å². The lowest BCUT2D eigenvalue weighted by molar-refractivity contribution is 0.0954. The number of nitrogens with zero attached hydrogens (tertiary/aromatic N) is 4. The number of carbonyl (C=O) groups excluding carboxylic acids is 1. The third-order valence-corrected chi connectivity index (χ3v) is 6.42. The number of nitrogens with one attached hydrogen (secondary N) is 2. The third-order valence-electron chi connectivity index (χ3n) is 6.42. The Morgan fingerprint density at radius 2 is 2.23 bits per heavy atom. The van der Waals surface area contributed by atoms with Crippen LogP contribution >= 0.6 is 0 Å². The van der Waals surface area contributed by atoms with Crippen LogP contribution in [0.3, 0.4) is 0 Å². The largest absolute Gasteiger partial charge is 0.369 e. The third kappa shape index (κ3) is 4.59. The van der Waals surface area contributed by atoms with Crippen LogP contribution in [0.2, 0.25) is 0 Å². The van der Waals surface area contributed by atoms with Crippen molar-refractivity contribution in [1.82, 2.24) is 20.3 Å². The van der Waals surface area contributed by atoms with Crippen LogP contribution in [0.25, 0.3) is 33.1 Å². The van der Waals surface area contributed by atoms with E-state index < -0.39 is 5.82 Å². The molecular weight excluding hydrogens is 445 g/mol. The monoisotopic (exact) mass is 473 g/mol. The van der Waals surface area contributed by atoms with Gasteiger partial charge in [-0.3, -0.25) is 9.78 Å². The maximum absolute atomic E-state index is 15.3. The van der Waals surface area contributed by atoms with Gasteiger partial charge in [0.05, 0.1) is 5.56 Å². The quantitative estimate of drug-likeness (QED) is 0.292. The lowest BCUT2D eigenvalue weighted by atomic mass is 10.00. The molecule has 1 aliphatic rings. The highest BCUT2D eigenvalue weighted by atomic mass is 19.1. The Hall–Kier alpha value is -3.85. The van der Waals surface area contributed by atoms with Gasteiger partial charge >= 0.3 is 0 Å². The number of anilines is 1. The molecule has 0 saturated carbocycles. The number of fused-ring (bicyclic) bond motifs is 2. The second-order valence-electron chi connectivity index (χ2n) is 8.84. The van der Waals surface area contributed by atoms with Gasteiger partial charge in [0.1, 0.15) is 17.0 Å². The summed E-state index contributed by atoms with van der Waals surface area (Å²) >= 11 is 0. The van der Waals surface area contributed by atoms with Gasteiger partial charge in [-0.05, 0) is 49.1 Å². The number of aliphatic imine (C=N–C) groups is 1. The molecule has 9 heteroatoms. The summed E-state index contributed by atoms with van der Waals surface area (Å²) in [5.74, 6) is -0.608. The number of aromatic amines is 1. The number of amides is 1. The van der Waals surface area contributed by atoms with Crippen molar-refractivity contribution in [3.05, 3.63) is 54.2 Å². The molecule has 4 N–H and O–H groups in total. The first kappa shape index (κ1) is 22.9. The maximum Gasteiger partial charge on any atom is 0.252 e. The lowest BCUT2D eigenvalue weighted by Crippen LogP contribution is -2.42. The molecule has 4 heterocycles. The molecule has 1 atom stereocenters. The number of aromatic nitrogens is 3. The molecule has 4 aromatic rings. The average Bonchev–Trinajstić information content (AvgIpc) is 3.29. The molecule has 180 valence electrons. The Bertz CT molecular complexity index is 1410. The van der Waals surface area contributed by atoms with Crippen LogP contribution in [0.1, 0.15) is 29.6 Å².